The van der Waals surface area contributed by atoms with Crippen molar-refractivity contribution in [2.45, 2.75) is 6.92 Å². The highest BCUT2D eigenvalue weighted by molar-refractivity contribution is 5.21. The molecule has 3 nitrogen and oxygen atoms in total. The van der Waals surface area contributed by atoms with E-state index in [1.54, 1.807) is 6.92 Å². The van der Waals surface area contributed by atoms with Crippen molar-refractivity contribution < 1.29 is 5.11 Å². The molecule has 0 aliphatic heterocycles. The molecule has 0 saturated carbocycles. The van der Waals surface area contributed by atoms with E-state index < -0.39 is 0 Å². The molecule has 1 aromatic rings. The highest BCUT2D eigenvalue weighted by Gasteiger charge is 1.88. The number of rotatable bonds is 0. The summed E-state index contributed by atoms with van der Waals surface area (Å²) >= 11 is 0. The van der Waals surface area contributed by atoms with Crippen molar-refractivity contribution in [3.63, 3.8) is 0 Å². The van der Waals surface area contributed by atoms with Crippen LogP contribution in [-0.2, 0) is 0 Å². The molecule has 0 bridgehead atoms. The Morgan fingerprint density at radius 1 is 1.40 bits per heavy atom. The van der Waals surface area contributed by atoms with Crippen LogP contribution in [-0.4, -0.2) is 15.1 Å². The van der Waals surface area contributed by atoms with Crippen LogP contribution in [0.2, 0.25) is 0 Å². The highest BCUT2D eigenvalue weighted by Crippen LogP contribution is 2.00. The van der Waals surface area contributed by atoms with Crippen LogP contribution in [0.5, 0.6) is 5.75 Å². The molecule has 10 heavy (non-hydrogen) atoms. The van der Waals surface area contributed by atoms with Crippen molar-refractivity contribution in [3.05, 3.63) is 18.2 Å². The molecule has 1 N–H and O–H groups in total. The SMILES string of the molecule is CC#Cc1ncc(O)cn1. The summed E-state index contributed by atoms with van der Waals surface area (Å²) < 4.78 is 0. The van der Waals surface area contributed by atoms with E-state index in [1.807, 2.05) is 0 Å². The molecule has 0 spiro atoms. The van der Waals surface area contributed by atoms with Crippen LogP contribution in [0.3, 0.4) is 0 Å². The Morgan fingerprint density at radius 3 is 2.50 bits per heavy atom. The third kappa shape index (κ3) is 1.46. The predicted octanol–water partition coefficient (Wildman–Crippen LogP) is 0.554. The zero-order valence-electron chi connectivity index (χ0n) is 5.50. The van der Waals surface area contributed by atoms with Gasteiger partial charge in [0.05, 0.1) is 12.4 Å². The topological polar surface area (TPSA) is 46.0 Å². The van der Waals surface area contributed by atoms with Gasteiger partial charge in [0.2, 0.25) is 5.82 Å². The number of hydrogen-bond acceptors (Lipinski definition) is 3. The van der Waals surface area contributed by atoms with Crippen molar-refractivity contribution in [1.29, 1.82) is 0 Å². The van der Waals surface area contributed by atoms with Gasteiger partial charge in [-0.25, -0.2) is 9.97 Å². The smallest absolute Gasteiger partial charge is 0.205 e. The molecule has 0 amide bonds. The van der Waals surface area contributed by atoms with E-state index in [9.17, 15) is 0 Å². The number of hydrogen-bond donors (Lipinski definition) is 1. The lowest BCUT2D eigenvalue weighted by Crippen LogP contribution is -1.84. The molecule has 1 aromatic heterocycles. The molecular weight excluding hydrogens is 128 g/mol. The van der Waals surface area contributed by atoms with Crippen LogP contribution in [0.15, 0.2) is 12.4 Å². The van der Waals surface area contributed by atoms with Crippen molar-refractivity contribution in [3.8, 4) is 17.6 Å². The largest absolute Gasteiger partial charge is 0.505 e. The van der Waals surface area contributed by atoms with Gasteiger partial charge in [0.1, 0.15) is 0 Å². The fourth-order valence-electron chi connectivity index (χ4n) is 0.498. The second-order valence-electron chi connectivity index (χ2n) is 1.64. The maximum atomic E-state index is 8.75. The van der Waals surface area contributed by atoms with Crippen molar-refractivity contribution >= 4 is 0 Å². The van der Waals surface area contributed by atoms with Gasteiger partial charge in [0.25, 0.3) is 0 Å². The Balaban J connectivity index is 2.97. The van der Waals surface area contributed by atoms with Crippen molar-refractivity contribution in [1.82, 2.24) is 9.97 Å². The van der Waals surface area contributed by atoms with E-state index >= 15 is 0 Å². The Morgan fingerprint density at radius 2 is 2.00 bits per heavy atom. The molecule has 0 aromatic carbocycles. The molecule has 0 unspecified atom stereocenters. The molecule has 1 rings (SSSR count). The summed E-state index contributed by atoms with van der Waals surface area (Å²) in [5, 5.41) is 8.75. The average Bonchev–Trinajstić information content (AvgIpc) is 1.95. The fourth-order valence-corrected chi connectivity index (χ4v) is 0.498. The van der Waals surface area contributed by atoms with Gasteiger partial charge in [-0.05, 0) is 12.8 Å². The summed E-state index contributed by atoms with van der Waals surface area (Å²) in [7, 11) is 0. The molecule has 0 saturated heterocycles. The molecule has 0 aliphatic carbocycles. The molecule has 0 fully saturated rings. The predicted molar refractivity (Wildman–Crippen MR) is 36.2 cm³/mol. The first-order valence-corrected chi connectivity index (χ1v) is 2.76. The van der Waals surface area contributed by atoms with E-state index in [2.05, 4.69) is 21.8 Å². The van der Waals surface area contributed by atoms with Crippen molar-refractivity contribution in [2.24, 2.45) is 0 Å². The summed E-state index contributed by atoms with van der Waals surface area (Å²) in [6, 6.07) is 0. The standard InChI is InChI=1S/C7H6N2O/c1-2-3-7-8-4-6(10)5-9-7/h4-5,10H,1H3. The lowest BCUT2D eigenvalue weighted by atomic mass is 10.5. The van der Waals surface area contributed by atoms with Crippen LogP contribution in [0.1, 0.15) is 12.7 Å². The molecule has 3 heteroatoms. The maximum absolute atomic E-state index is 8.75. The molecular formula is C7H6N2O. The molecule has 0 radical (unpaired) electrons. The summed E-state index contributed by atoms with van der Waals surface area (Å²) in [5.74, 6) is 5.79. The minimum atomic E-state index is 0.0571. The average molecular weight is 134 g/mol. The van der Waals surface area contributed by atoms with Crippen LogP contribution >= 0.6 is 0 Å². The number of aromatic hydroxyl groups is 1. The normalized spacial score (nSPS) is 8.10. The van der Waals surface area contributed by atoms with Gasteiger partial charge in [-0.2, -0.15) is 0 Å². The van der Waals surface area contributed by atoms with E-state index in [4.69, 9.17) is 5.11 Å². The van der Waals surface area contributed by atoms with Crippen molar-refractivity contribution in [2.75, 3.05) is 0 Å². The monoisotopic (exact) mass is 134 g/mol. The minimum absolute atomic E-state index is 0.0571. The Labute approximate surface area is 58.8 Å². The molecule has 1 heterocycles. The van der Waals surface area contributed by atoms with Gasteiger partial charge in [-0.15, -0.1) is 0 Å². The number of aromatic nitrogens is 2. The lowest BCUT2D eigenvalue weighted by molar-refractivity contribution is 0.469. The van der Waals surface area contributed by atoms with Crippen LogP contribution in [0.4, 0.5) is 0 Å². The van der Waals surface area contributed by atoms with Gasteiger partial charge in [-0.3, -0.25) is 0 Å². The first-order valence-electron chi connectivity index (χ1n) is 2.76. The zero-order valence-corrected chi connectivity index (χ0v) is 5.50. The Kier molecular flexibility index (Phi) is 1.86. The van der Waals surface area contributed by atoms with Gasteiger partial charge < -0.3 is 5.11 Å². The second kappa shape index (κ2) is 2.83. The van der Waals surface area contributed by atoms with Crippen LogP contribution < -0.4 is 0 Å². The molecule has 0 atom stereocenters. The molecule has 50 valence electrons. The summed E-state index contributed by atoms with van der Waals surface area (Å²) in [6.45, 7) is 1.70. The maximum Gasteiger partial charge on any atom is 0.205 e. The van der Waals surface area contributed by atoms with Gasteiger partial charge in [0, 0.05) is 0 Å². The Hall–Kier alpha value is -1.56. The summed E-state index contributed by atoms with van der Waals surface area (Å²) in [5.41, 5.74) is 0. The minimum Gasteiger partial charge on any atom is -0.505 e. The highest BCUT2D eigenvalue weighted by atomic mass is 16.3. The fraction of sp³-hybridized carbons (Fsp3) is 0.143. The van der Waals surface area contributed by atoms with E-state index in [1.165, 1.54) is 12.4 Å². The zero-order chi connectivity index (χ0) is 7.40. The third-order valence-corrected chi connectivity index (χ3v) is 0.875. The Bertz CT molecular complexity index is 268. The van der Waals surface area contributed by atoms with E-state index in [0.717, 1.165) is 0 Å². The van der Waals surface area contributed by atoms with Gasteiger partial charge in [-0.1, -0.05) is 5.92 Å². The first-order chi connectivity index (χ1) is 4.83. The third-order valence-electron chi connectivity index (χ3n) is 0.875. The van der Waals surface area contributed by atoms with Gasteiger partial charge >= 0.3 is 0 Å². The summed E-state index contributed by atoms with van der Waals surface area (Å²) in [4.78, 5) is 7.47. The summed E-state index contributed by atoms with van der Waals surface area (Å²) in [6.07, 6.45) is 2.62. The van der Waals surface area contributed by atoms with Gasteiger partial charge in [0.15, 0.2) is 5.75 Å². The lowest BCUT2D eigenvalue weighted by Gasteiger charge is -1.87. The van der Waals surface area contributed by atoms with E-state index in [0.29, 0.717) is 5.82 Å². The second-order valence-corrected chi connectivity index (χ2v) is 1.64. The molecule has 0 aliphatic rings. The number of nitrogens with zero attached hydrogens (tertiary/aromatic N) is 2. The van der Waals surface area contributed by atoms with Crippen LogP contribution in [0.25, 0.3) is 0 Å². The van der Waals surface area contributed by atoms with Crippen LogP contribution in [0, 0.1) is 11.8 Å². The first kappa shape index (κ1) is 6.56. The quantitative estimate of drug-likeness (QED) is 0.527. The van der Waals surface area contributed by atoms with E-state index in [-0.39, 0.29) is 5.75 Å².